The van der Waals surface area contributed by atoms with Gasteiger partial charge in [0.2, 0.25) is 0 Å². The van der Waals surface area contributed by atoms with E-state index in [1.165, 1.54) is 0 Å². The van der Waals surface area contributed by atoms with Gasteiger partial charge < -0.3 is 19.4 Å². The van der Waals surface area contributed by atoms with E-state index in [4.69, 9.17) is 14.7 Å². The summed E-state index contributed by atoms with van der Waals surface area (Å²) in [5.74, 6) is 1.55. The van der Waals surface area contributed by atoms with Gasteiger partial charge in [-0.1, -0.05) is 0 Å². The van der Waals surface area contributed by atoms with Crippen molar-refractivity contribution in [2.24, 2.45) is 0 Å². The zero-order valence-corrected chi connectivity index (χ0v) is 16.4. The van der Waals surface area contributed by atoms with Crippen LogP contribution in [0.5, 0.6) is 5.75 Å². The molecule has 4 heterocycles. The summed E-state index contributed by atoms with van der Waals surface area (Å²) in [5, 5.41) is 14.0. The van der Waals surface area contributed by atoms with Gasteiger partial charge >= 0.3 is 0 Å². The van der Waals surface area contributed by atoms with Crippen molar-refractivity contribution in [3.8, 4) is 11.8 Å². The average Bonchev–Trinajstić information content (AvgIpc) is 3.43. The lowest BCUT2D eigenvalue weighted by atomic mass is 10.1. The Balaban J connectivity index is 1.26. The van der Waals surface area contributed by atoms with Crippen molar-refractivity contribution in [1.82, 2.24) is 19.5 Å². The number of benzene rings is 1. The molecule has 150 valence electrons. The fourth-order valence-electron chi connectivity index (χ4n) is 3.86. The smallest absolute Gasteiger partial charge is 0.147 e. The highest BCUT2D eigenvalue weighted by Crippen LogP contribution is 2.32. The van der Waals surface area contributed by atoms with Crippen molar-refractivity contribution in [1.29, 1.82) is 5.26 Å². The minimum atomic E-state index is -0.0709. The van der Waals surface area contributed by atoms with E-state index in [9.17, 15) is 0 Å². The molecule has 1 aliphatic rings. The highest BCUT2D eigenvalue weighted by molar-refractivity contribution is 5.87. The van der Waals surface area contributed by atoms with Crippen molar-refractivity contribution in [2.45, 2.75) is 25.2 Å². The maximum atomic E-state index is 8.99. The quantitative estimate of drug-likeness (QED) is 0.546. The third-order valence-corrected chi connectivity index (χ3v) is 5.36. The summed E-state index contributed by atoms with van der Waals surface area (Å²) in [6.07, 6.45) is 6.87. The molecule has 5 rings (SSSR count). The van der Waals surface area contributed by atoms with Crippen LogP contribution < -0.4 is 10.1 Å². The molecule has 4 aromatic rings. The van der Waals surface area contributed by atoms with E-state index in [1.54, 1.807) is 12.5 Å². The molecular weight excluding hydrogens is 380 g/mol. The number of fused-ring (bicyclic) bond motifs is 2. The number of hydrogen-bond acceptors (Lipinski definition) is 7. The molecule has 3 aromatic heterocycles. The summed E-state index contributed by atoms with van der Waals surface area (Å²) in [5.41, 5.74) is 2.21. The standard InChI is InChI=1S/C22H20N6O2/c1-24-21-18-6-7-28(22(18)27-13-26-21)20-5-4-17(30-20)12-29-16-3-2-15-8-14(10-23)11-25-19(15)9-16/h2-3,6-9,11,13,17,20H,4-5,12H2,1H3,(H,24,26,27). The average molecular weight is 400 g/mol. The lowest BCUT2D eigenvalue weighted by Gasteiger charge is -2.16. The van der Waals surface area contributed by atoms with Gasteiger partial charge in [-0.05, 0) is 37.1 Å². The minimum absolute atomic E-state index is 0.00248. The molecule has 0 radical (unpaired) electrons. The first kappa shape index (κ1) is 18.3. The Labute approximate surface area is 173 Å². The summed E-state index contributed by atoms with van der Waals surface area (Å²) in [6, 6.07) is 11.6. The van der Waals surface area contributed by atoms with E-state index in [1.807, 2.05) is 43.6 Å². The molecule has 0 spiro atoms. The van der Waals surface area contributed by atoms with Gasteiger partial charge in [0.15, 0.2) is 0 Å². The first-order valence-electron chi connectivity index (χ1n) is 9.82. The molecule has 0 saturated carbocycles. The maximum Gasteiger partial charge on any atom is 0.147 e. The summed E-state index contributed by atoms with van der Waals surface area (Å²) in [4.78, 5) is 13.0. The Hall–Kier alpha value is -3.70. The van der Waals surface area contributed by atoms with Crippen LogP contribution in [0.4, 0.5) is 5.82 Å². The summed E-state index contributed by atoms with van der Waals surface area (Å²) >= 11 is 0. The van der Waals surface area contributed by atoms with E-state index in [0.717, 1.165) is 46.3 Å². The summed E-state index contributed by atoms with van der Waals surface area (Å²) in [6.45, 7) is 0.467. The molecular formula is C22H20N6O2. The molecule has 1 fully saturated rings. The van der Waals surface area contributed by atoms with Crippen LogP contribution in [0.15, 0.2) is 49.1 Å². The number of hydrogen-bond donors (Lipinski definition) is 1. The van der Waals surface area contributed by atoms with Crippen LogP contribution in [-0.4, -0.2) is 39.3 Å². The fraction of sp³-hybridized carbons (Fsp3) is 0.273. The number of ether oxygens (including phenoxy) is 2. The predicted octanol–water partition coefficient (Wildman–Crippen LogP) is 3.65. The van der Waals surface area contributed by atoms with E-state index in [0.29, 0.717) is 12.2 Å². The molecule has 1 aromatic carbocycles. The maximum absolute atomic E-state index is 8.99. The van der Waals surface area contributed by atoms with Crippen LogP contribution in [0.3, 0.4) is 0 Å². The Kier molecular flexibility index (Phi) is 4.65. The van der Waals surface area contributed by atoms with Gasteiger partial charge in [0.25, 0.3) is 0 Å². The molecule has 0 bridgehead atoms. The van der Waals surface area contributed by atoms with E-state index in [2.05, 4.69) is 30.9 Å². The number of anilines is 1. The number of rotatable bonds is 5. The van der Waals surface area contributed by atoms with Crippen molar-refractivity contribution < 1.29 is 9.47 Å². The van der Waals surface area contributed by atoms with E-state index in [-0.39, 0.29) is 12.3 Å². The highest BCUT2D eigenvalue weighted by Gasteiger charge is 2.28. The van der Waals surface area contributed by atoms with Crippen LogP contribution in [0.1, 0.15) is 24.6 Å². The van der Waals surface area contributed by atoms with Gasteiger partial charge in [0, 0.05) is 30.9 Å². The zero-order valence-electron chi connectivity index (χ0n) is 16.4. The normalized spacial score (nSPS) is 18.5. The third kappa shape index (κ3) is 3.29. The van der Waals surface area contributed by atoms with Gasteiger partial charge in [-0.3, -0.25) is 4.98 Å². The minimum Gasteiger partial charge on any atom is -0.491 e. The van der Waals surface area contributed by atoms with Crippen LogP contribution >= 0.6 is 0 Å². The molecule has 1 saturated heterocycles. The zero-order chi connectivity index (χ0) is 20.5. The Bertz CT molecular complexity index is 1260. The fourth-order valence-corrected chi connectivity index (χ4v) is 3.86. The van der Waals surface area contributed by atoms with Crippen molar-refractivity contribution in [2.75, 3.05) is 19.0 Å². The molecule has 8 nitrogen and oxygen atoms in total. The van der Waals surface area contributed by atoms with E-state index >= 15 is 0 Å². The number of nitriles is 1. The summed E-state index contributed by atoms with van der Waals surface area (Å²) in [7, 11) is 1.85. The second-order valence-electron chi connectivity index (χ2n) is 7.22. The molecule has 1 aliphatic heterocycles. The lowest BCUT2D eigenvalue weighted by Crippen LogP contribution is -2.18. The topological polar surface area (TPSA) is 97.9 Å². The van der Waals surface area contributed by atoms with E-state index < -0.39 is 0 Å². The number of pyridine rings is 1. The number of nitrogens with one attached hydrogen (secondary N) is 1. The van der Waals surface area contributed by atoms with Crippen molar-refractivity contribution in [3.63, 3.8) is 0 Å². The predicted molar refractivity (Wildman–Crippen MR) is 112 cm³/mol. The molecule has 2 unspecified atom stereocenters. The Morgan fingerprint density at radius 1 is 1.23 bits per heavy atom. The Morgan fingerprint density at radius 3 is 3.03 bits per heavy atom. The second-order valence-corrected chi connectivity index (χ2v) is 7.22. The first-order valence-corrected chi connectivity index (χ1v) is 9.82. The first-order chi connectivity index (χ1) is 14.7. The van der Waals surface area contributed by atoms with Crippen molar-refractivity contribution >= 4 is 27.8 Å². The highest BCUT2D eigenvalue weighted by atomic mass is 16.6. The van der Waals surface area contributed by atoms with Gasteiger partial charge in [-0.2, -0.15) is 5.26 Å². The third-order valence-electron chi connectivity index (χ3n) is 5.36. The largest absolute Gasteiger partial charge is 0.491 e. The van der Waals surface area contributed by atoms with Gasteiger partial charge in [-0.15, -0.1) is 0 Å². The van der Waals surface area contributed by atoms with Crippen LogP contribution in [-0.2, 0) is 4.74 Å². The van der Waals surface area contributed by atoms with Crippen molar-refractivity contribution in [3.05, 3.63) is 54.6 Å². The lowest BCUT2D eigenvalue weighted by molar-refractivity contribution is -0.0156. The van der Waals surface area contributed by atoms with Gasteiger partial charge in [0.05, 0.1) is 22.6 Å². The Morgan fingerprint density at radius 2 is 2.17 bits per heavy atom. The molecule has 1 N–H and O–H groups in total. The van der Waals surface area contributed by atoms with Gasteiger partial charge in [0.1, 0.15) is 42.4 Å². The van der Waals surface area contributed by atoms with Crippen LogP contribution in [0.25, 0.3) is 21.9 Å². The molecule has 30 heavy (non-hydrogen) atoms. The summed E-state index contributed by atoms with van der Waals surface area (Å²) < 4.78 is 14.3. The molecule has 0 amide bonds. The van der Waals surface area contributed by atoms with Crippen LogP contribution in [0.2, 0.25) is 0 Å². The molecule has 8 heteroatoms. The number of aromatic nitrogens is 4. The SMILES string of the molecule is CNc1ncnc2c1ccn2C1CCC(COc2ccc3cc(C#N)cnc3c2)O1. The van der Waals surface area contributed by atoms with Gasteiger partial charge in [-0.25, -0.2) is 9.97 Å². The molecule has 2 atom stereocenters. The molecule has 0 aliphatic carbocycles. The monoisotopic (exact) mass is 400 g/mol. The number of nitrogens with zero attached hydrogens (tertiary/aromatic N) is 5. The second kappa shape index (κ2) is 7.61. The van der Waals surface area contributed by atoms with Crippen LogP contribution in [0, 0.1) is 11.3 Å².